The van der Waals surface area contributed by atoms with E-state index in [0.717, 1.165) is 22.2 Å². The number of carbonyl (C=O) groups is 1. The zero-order valence-corrected chi connectivity index (χ0v) is 17.1. The van der Waals surface area contributed by atoms with Crippen molar-refractivity contribution in [3.8, 4) is 0 Å². The fourth-order valence-corrected chi connectivity index (χ4v) is 3.79. The third kappa shape index (κ3) is 3.83. The van der Waals surface area contributed by atoms with Crippen LogP contribution in [0.1, 0.15) is 38.8 Å². The Morgan fingerprint density at radius 2 is 1.84 bits per heavy atom. The van der Waals surface area contributed by atoms with Gasteiger partial charge in [0.15, 0.2) is 5.78 Å². The lowest BCUT2D eigenvalue weighted by molar-refractivity contribution is -0.384. The predicted molar refractivity (Wildman–Crippen MR) is 117 cm³/mol. The molecule has 0 aliphatic heterocycles. The van der Waals surface area contributed by atoms with Gasteiger partial charge in [-0.05, 0) is 36.6 Å². The first-order valence-electron chi connectivity index (χ1n) is 9.84. The number of nitro benzene ring substituents is 1. The van der Waals surface area contributed by atoms with Gasteiger partial charge in [-0.3, -0.25) is 19.6 Å². The van der Waals surface area contributed by atoms with Crippen molar-refractivity contribution in [2.45, 2.75) is 26.5 Å². The highest BCUT2D eigenvalue weighted by Crippen LogP contribution is 2.27. The van der Waals surface area contributed by atoms with Gasteiger partial charge < -0.3 is 5.11 Å². The standard InChI is InChI=1S/C24H21N3O4/c1-15-7-6-10-20(24(29)23(28)17-8-4-3-5-9-17)21(15)14-26-22-13-18(27(30)31)11-12-19(22)16(2)25-26/h3-13,23,28H,14H2,1-2H3. The van der Waals surface area contributed by atoms with Gasteiger partial charge in [0.25, 0.3) is 5.69 Å². The van der Waals surface area contributed by atoms with Gasteiger partial charge in [-0.25, -0.2) is 0 Å². The van der Waals surface area contributed by atoms with Crippen LogP contribution < -0.4 is 0 Å². The van der Waals surface area contributed by atoms with Gasteiger partial charge in [-0.1, -0.05) is 48.5 Å². The number of aliphatic hydroxyl groups is 1. The Kier molecular flexibility index (Phi) is 5.35. The molecule has 0 spiro atoms. The lowest BCUT2D eigenvalue weighted by Crippen LogP contribution is -2.17. The summed E-state index contributed by atoms with van der Waals surface area (Å²) in [6, 6.07) is 18.8. The highest BCUT2D eigenvalue weighted by atomic mass is 16.6. The van der Waals surface area contributed by atoms with Crippen molar-refractivity contribution in [1.82, 2.24) is 9.78 Å². The lowest BCUT2D eigenvalue weighted by atomic mass is 9.93. The number of hydrogen-bond donors (Lipinski definition) is 1. The van der Waals surface area contributed by atoms with Crippen molar-refractivity contribution in [2.75, 3.05) is 0 Å². The molecule has 0 bridgehead atoms. The molecule has 4 aromatic rings. The molecule has 1 aromatic heterocycles. The van der Waals surface area contributed by atoms with Gasteiger partial charge in [-0.2, -0.15) is 5.10 Å². The molecule has 0 amide bonds. The van der Waals surface area contributed by atoms with Crippen LogP contribution in [0.25, 0.3) is 10.9 Å². The second-order valence-corrected chi connectivity index (χ2v) is 7.48. The van der Waals surface area contributed by atoms with E-state index in [0.29, 0.717) is 16.6 Å². The van der Waals surface area contributed by atoms with Gasteiger partial charge in [0.2, 0.25) is 0 Å². The number of fused-ring (bicyclic) bond motifs is 1. The molecule has 1 unspecified atom stereocenters. The summed E-state index contributed by atoms with van der Waals surface area (Å²) in [4.78, 5) is 23.9. The van der Waals surface area contributed by atoms with E-state index < -0.39 is 16.8 Å². The molecular formula is C24H21N3O4. The first-order valence-corrected chi connectivity index (χ1v) is 9.84. The molecule has 0 fully saturated rings. The molecule has 1 heterocycles. The number of aliphatic hydroxyl groups excluding tert-OH is 1. The Labute approximate surface area is 178 Å². The van der Waals surface area contributed by atoms with E-state index in [9.17, 15) is 20.0 Å². The molecule has 0 saturated heterocycles. The second kappa shape index (κ2) is 8.12. The Morgan fingerprint density at radius 3 is 2.55 bits per heavy atom. The molecule has 1 atom stereocenters. The number of benzene rings is 3. The van der Waals surface area contributed by atoms with Crippen molar-refractivity contribution in [3.63, 3.8) is 0 Å². The largest absolute Gasteiger partial charge is 0.380 e. The van der Waals surface area contributed by atoms with E-state index in [1.54, 1.807) is 47.1 Å². The van der Waals surface area contributed by atoms with Crippen molar-refractivity contribution in [1.29, 1.82) is 0 Å². The number of Topliss-reactive ketones (excluding diaryl/α,β-unsaturated/α-hetero) is 1. The van der Waals surface area contributed by atoms with E-state index in [2.05, 4.69) is 5.10 Å². The maximum absolute atomic E-state index is 13.2. The summed E-state index contributed by atoms with van der Waals surface area (Å²) in [5, 5.41) is 27.2. The summed E-state index contributed by atoms with van der Waals surface area (Å²) in [5.41, 5.74) is 3.87. The smallest absolute Gasteiger partial charge is 0.271 e. The normalized spacial score (nSPS) is 12.1. The average Bonchev–Trinajstić information content (AvgIpc) is 3.09. The first kappa shape index (κ1) is 20.4. The molecule has 0 aliphatic rings. The van der Waals surface area contributed by atoms with Crippen LogP contribution in [0.4, 0.5) is 5.69 Å². The Balaban J connectivity index is 1.77. The number of carbonyl (C=O) groups excluding carboxylic acids is 1. The molecule has 0 aliphatic carbocycles. The van der Waals surface area contributed by atoms with Gasteiger partial charge >= 0.3 is 0 Å². The molecule has 7 nitrogen and oxygen atoms in total. The van der Waals surface area contributed by atoms with Crippen molar-refractivity contribution in [2.24, 2.45) is 0 Å². The first-order chi connectivity index (χ1) is 14.9. The maximum atomic E-state index is 13.2. The SMILES string of the molecule is Cc1cccc(C(=O)C(O)c2ccccc2)c1Cn1nc(C)c2ccc([N+](=O)[O-])cc21. The monoisotopic (exact) mass is 415 g/mol. The number of non-ortho nitro benzene ring substituents is 1. The summed E-state index contributed by atoms with van der Waals surface area (Å²) in [6.07, 6.45) is -1.28. The van der Waals surface area contributed by atoms with E-state index in [4.69, 9.17) is 0 Å². The van der Waals surface area contributed by atoms with E-state index in [1.165, 1.54) is 12.1 Å². The van der Waals surface area contributed by atoms with Crippen LogP contribution in [0.15, 0.2) is 66.7 Å². The van der Waals surface area contributed by atoms with Crippen LogP contribution in [-0.4, -0.2) is 25.6 Å². The summed E-state index contributed by atoms with van der Waals surface area (Å²) >= 11 is 0. The van der Waals surface area contributed by atoms with E-state index in [-0.39, 0.29) is 12.2 Å². The van der Waals surface area contributed by atoms with Gasteiger partial charge in [-0.15, -0.1) is 0 Å². The number of aryl methyl sites for hydroxylation is 2. The minimum Gasteiger partial charge on any atom is -0.380 e. The van der Waals surface area contributed by atoms with Crippen LogP contribution in [0, 0.1) is 24.0 Å². The second-order valence-electron chi connectivity index (χ2n) is 7.48. The molecule has 1 N–H and O–H groups in total. The quantitative estimate of drug-likeness (QED) is 0.283. The van der Waals surface area contributed by atoms with Gasteiger partial charge in [0.1, 0.15) is 6.10 Å². The molecule has 7 heteroatoms. The lowest BCUT2D eigenvalue weighted by Gasteiger charge is -2.16. The van der Waals surface area contributed by atoms with Crippen LogP contribution >= 0.6 is 0 Å². The van der Waals surface area contributed by atoms with Crippen LogP contribution in [-0.2, 0) is 6.54 Å². The maximum Gasteiger partial charge on any atom is 0.271 e. The molecule has 0 saturated carbocycles. The van der Waals surface area contributed by atoms with E-state index >= 15 is 0 Å². The molecule has 3 aromatic carbocycles. The Morgan fingerprint density at radius 1 is 1.10 bits per heavy atom. The summed E-state index contributed by atoms with van der Waals surface area (Å²) < 4.78 is 1.67. The third-order valence-corrected chi connectivity index (χ3v) is 5.48. The molecule has 4 rings (SSSR count). The molecular weight excluding hydrogens is 394 g/mol. The predicted octanol–water partition coefficient (Wildman–Crippen LogP) is 4.53. The van der Waals surface area contributed by atoms with E-state index in [1.807, 2.05) is 26.0 Å². The van der Waals surface area contributed by atoms with Crippen LogP contribution in [0.5, 0.6) is 0 Å². The Bertz CT molecular complexity index is 1300. The number of rotatable bonds is 6. The minimum atomic E-state index is -1.28. The van der Waals surface area contributed by atoms with Gasteiger partial charge in [0.05, 0.1) is 22.7 Å². The number of nitrogens with zero attached hydrogens (tertiary/aromatic N) is 3. The summed E-state index contributed by atoms with van der Waals surface area (Å²) in [7, 11) is 0. The summed E-state index contributed by atoms with van der Waals surface area (Å²) in [5.74, 6) is -0.399. The molecule has 156 valence electrons. The number of ketones is 1. The van der Waals surface area contributed by atoms with Crippen molar-refractivity contribution < 1.29 is 14.8 Å². The third-order valence-electron chi connectivity index (χ3n) is 5.48. The zero-order valence-electron chi connectivity index (χ0n) is 17.1. The Hall–Kier alpha value is -3.84. The highest BCUT2D eigenvalue weighted by molar-refractivity contribution is 6.01. The van der Waals surface area contributed by atoms with Gasteiger partial charge in [0, 0.05) is 23.1 Å². The van der Waals surface area contributed by atoms with Crippen LogP contribution in [0.3, 0.4) is 0 Å². The number of aromatic nitrogens is 2. The number of hydrogen-bond acceptors (Lipinski definition) is 5. The fourth-order valence-electron chi connectivity index (χ4n) is 3.79. The fraction of sp³-hybridized carbons (Fsp3) is 0.167. The molecule has 31 heavy (non-hydrogen) atoms. The zero-order chi connectivity index (χ0) is 22.1. The average molecular weight is 415 g/mol. The molecule has 0 radical (unpaired) electrons. The minimum absolute atomic E-state index is 0.0192. The highest BCUT2D eigenvalue weighted by Gasteiger charge is 2.23. The topological polar surface area (TPSA) is 98.3 Å². The van der Waals surface area contributed by atoms with Crippen molar-refractivity contribution in [3.05, 3.63) is 105 Å². The van der Waals surface area contributed by atoms with Crippen molar-refractivity contribution >= 4 is 22.4 Å². The summed E-state index contributed by atoms with van der Waals surface area (Å²) in [6.45, 7) is 3.98. The number of nitro groups is 1. The van der Waals surface area contributed by atoms with Crippen LogP contribution in [0.2, 0.25) is 0 Å².